The average Bonchev–Trinajstić information content (AvgIpc) is 3.42. The van der Waals surface area contributed by atoms with Gasteiger partial charge in [0.1, 0.15) is 0 Å². The molecule has 8 atom stereocenters. The molecule has 7 rings (SSSR count). The topological polar surface area (TPSA) is 37.4 Å². The number of rotatable bonds is 4. The van der Waals surface area contributed by atoms with Crippen LogP contribution in [0.25, 0.3) is 0 Å². The van der Waals surface area contributed by atoms with Crippen LogP contribution in [0.1, 0.15) is 36.3 Å². The van der Waals surface area contributed by atoms with Crippen LogP contribution in [-0.4, -0.2) is 25.8 Å². The third-order valence-corrected chi connectivity index (χ3v) is 11.4. The van der Waals surface area contributed by atoms with Crippen LogP contribution >= 0.6 is 0 Å². The minimum atomic E-state index is -3.41. The van der Waals surface area contributed by atoms with E-state index in [9.17, 15) is 8.42 Å². The lowest BCUT2D eigenvalue weighted by Gasteiger charge is -2.26. The summed E-state index contributed by atoms with van der Waals surface area (Å²) in [5.41, 5.74) is 2.72. The highest BCUT2D eigenvalue weighted by atomic mass is 32.2. The van der Waals surface area contributed by atoms with Crippen molar-refractivity contribution in [3.05, 3.63) is 65.7 Å². The van der Waals surface area contributed by atoms with Gasteiger partial charge in [-0.25, -0.2) is 8.42 Å². The minimum Gasteiger partial charge on any atom is -0.207 e. The first kappa shape index (κ1) is 18.0. The predicted molar refractivity (Wildman–Crippen MR) is 116 cm³/mol. The van der Waals surface area contributed by atoms with E-state index < -0.39 is 10.0 Å². The van der Waals surface area contributed by atoms with Gasteiger partial charge in [-0.2, -0.15) is 4.31 Å². The van der Waals surface area contributed by atoms with Gasteiger partial charge < -0.3 is 0 Å². The lowest BCUT2D eigenvalue weighted by molar-refractivity contribution is 0.296. The zero-order chi connectivity index (χ0) is 20.3. The molecule has 2 aromatic rings. The van der Waals surface area contributed by atoms with Crippen LogP contribution in [0.4, 0.5) is 0 Å². The van der Waals surface area contributed by atoms with E-state index in [0.29, 0.717) is 23.3 Å². The number of fused-ring (bicyclic) bond motifs is 6. The molecule has 1 aliphatic heterocycles. The second-order valence-corrected chi connectivity index (χ2v) is 12.7. The van der Waals surface area contributed by atoms with Gasteiger partial charge in [-0.05, 0) is 90.7 Å². The number of hydrogen-bond donors (Lipinski definition) is 0. The van der Waals surface area contributed by atoms with Crippen molar-refractivity contribution in [1.82, 2.24) is 4.31 Å². The van der Waals surface area contributed by atoms with Gasteiger partial charge in [0.2, 0.25) is 10.0 Å². The Bertz CT molecular complexity index is 1100. The Labute approximate surface area is 179 Å². The van der Waals surface area contributed by atoms with Crippen LogP contribution in [0.5, 0.6) is 0 Å². The molecule has 1 heterocycles. The van der Waals surface area contributed by atoms with Crippen molar-refractivity contribution in [2.24, 2.45) is 40.9 Å². The van der Waals surface area contributed by atoms with Gasteiger partial charge in [-0.1, -0.05) is 48.0 Å². The van der Waals surface area contributed by atoms with E-state index in [2.05, 4.69) is 30.3 Å². The summed E-state index contributed by atoms with van der Waals surface area (Å²) in [6.07, 6.45) is 4.29. The molecule has 0 N–H and O–H groups in total. The van der Waals surface area contributed by atoms with Crippen molar-refractivity contribution in [2.45, 2.75) is 37.0 Å². The smallest absolute Gasteiger partial charge is 0.207 e. The first-order valence-electron chi connectivity index (χ1n) is 11.6. The number of benzene rings is 2. The highest BCUT2D eigenvalue weighted by Crippen LogP contribution is 2.85. The molecule has 3 nitrogen and oxygen atoms in total. The Kier molecular flexibility index (Phi) is 3.46. The van der Waals surface area contributed by atoms with Gasteiger partial charge in [0.05, 0.1) is 4.90 Å². The van der Waals surface area contributed by atoms with Crippen molar-refractivity contribution in [2.75, 3.05) is 13.1 Å². The zero-order valence-corrected chi connectivity index (χ0v) is 18.3. The van der Waals surface area contributed by atoms with E-state index in [1.807, 2.05) is 23.4 Å². The minimum absolute atomic E-state index is 0.190. The summed E-state index contributed by atoms with van der Waals surface area (Å²) in [7, 11) is -3.41. The summed E-state index contributed by atoms with van der Waals surface area (Å²) in [5.74, 6) is 5.45. The number of sulfonamides is 1. The number of piperidine rings is 1. The van der Waals surface area contributed by atoms with Crippen LogP contribution in [0.15, 0.2) is 59.5 Å². The summed E-state index contributed by atoms with van der Waals surface area (Å²) in [4.78, 5) is 0.455. The SMILES string of the molecule is Cc1ccc(S(=O)(=O)N2C[C@H]3[C@H](c4ccccc4)C3(C3[C@H]4C5CCC(C5)[C@@H]34)C2)cc1. The summed E-state index contributed by atoms with van der Waals surface area (Å²) < 4.78 is 28.7. The van der Waals surface area contributed by atoms with Crippen LogP contribution < -0.4 is 0 Å². The first-order valence-corrected chi connectivity index (χ1v) is 13.1. The molecule has 1 saturated heterocycles. The van der Waals surface area contributed by atoms with E-state index in [0.717, 1.165) is 41.7 Å². The fourth-order valence-corrected chi connectivity index (χ4v) is 10.00. The van der Waals surface area contributed by atoms with Crippen molar-refractivity contribution in [3.8, 4) is 0 Å². The standard InChI is InChI=1S/C26H29NO2S/c1-16-7-11-20(12-8-16)30(28,29)27-14-21-24(17-5-3-2-4-6-17)26(21,15-27)25-22-18-9-10-19(13-18)23(22)25/h2-8,11-12,18-19,21-25H,9-10,13-15H2,1H3/t18?,19?,21-,22-,23+,24-,25?,26?/m0/s1. The van der Waals surface area contributed by atoms with Gasteiger partial charge in [0.25, 0.3) is 0 Å². The van der Waals surface area contributed by atoms with E-state index >= 15 is 0 Å². The summed E-state index contributed by atoms with van der Waals surface area (Å²) in [6, 6.07) is 18.3. The average molecular weight is 420 g/mol. The van der Waals surface area contributed by atoms with Crippen molar-refractivity contribution in [3.63, 3.8) is 0 Å². The fraction of sp³-hybridized carbons (Fsp3) is 0.538. The highest BCUT2D eigenvalue weighted by molar-refractivity contribution is 7.89. The highest BCUT2D eigenvalue weighted by Gasteiger charge is 2.82. The number of aryl methyl sites for hydroxylation is 1. The molecular formula is C26H29NO2S. The third kappa shape index (κ3) is 2.17. The lowest BCUT2D eigenvalue weighted by Crippen LogP contribution is -2.34. The Morgan fingerprint density at radius 3 is 2.27 bits per heavy atom. The molecule has 4 saturated carbocycles. The van der Waals surface area contributed by atoms with Gasteiger partial charge in [0, 0.05) is 13.1 Å². The largest absolute Gasteiger partial charge is 0.243 e. The molecule has 4 unspecified atom stereocenters. The molecule has 5 fully saturated rings. The van der Waals surface area contributed by atoms with Crippen molar-refractivity contribution in [1.29, 1.82) is 0 Å². The molecule has 4 heteroatoms. The Balaban J connectivity index is 1.24. The van der Waals surface area contributed by atoms with Crippen LogP contribution in [0, 0.1) is 47.8 Å². The Morgan fingerprint density at radius 1 is 0.933 bits per heavy atom. The fourth-order valence-electron chi connectivity index (χ4n) is 8.47. The zero-order valence-electron chi connectivity index (χ0n) is 17.4. The summed E-state index contributed by atoms with van der Waals surface area (Å²) >= 11 is 0. The molecule has 156 valence electrons. The van der Waals surface area contributed by atoms with Crippen molar-refractivity contribution < 1.29 is 8.42 Å². The maximum Gasteiger partial charge on any atom is 0.243 e. The normalized spacial score (nSPS) is 43.4. The monoisotopic (exact) mass is 419 g/mol. The second-order valence-electron chi connectivity index (χ2n) is 10.7. The third-order valence-electron chi connectivity index (χ3n) is 9.59. The molecule has 0 amide bonds. The second kappa shape index (κ2) is 5.77. The molecule has 0 spiro atoms. The Hall–Kier alpha value is -1.65. The van der Waals surface area contributed by atoms with Gasteiger partial charge in [0.15, 0.2) is 0 Å². The molecule has 2 bridgehead atoms. The first-order chi connectivity index (χ1) is 14.5. The van der Waals surface area contributed by atoms with Crippen LogP contribution in [0.2, 0.25) is 0 Å². The number of nitrogens with zero attached hydrogens (tertiary/aromatic N) is 1. The van der Waals surface area contributed by atoms with E-state index in [1.165, 1.54) is 24.8 Å². The summed E-state index contributed by atoms with van der Waals surface area (Å²) in [6.45, 7) is 3.42. The van der Waals surface area contributed by atoms with E-state index in [1.54, 1.807) is 12.1 Å². The van der Waals surface area contributed by atoms with Gasteiger partial charge in [-0.3, -0.25) is 0 Å². The lowest BCUT2D eigenvalue weighted by atomic mass is 9.86. The van der Waals surface area contributed by atoms with E-state index in [4.69, 9.17) is 0 Å². The van der Waals surface area contributed by atoms with Crippen molar-refractivity contribution >= 4 is 10.0 Å². The maximum absolute atomic E-state index is 13.5. The molecule has 5 aliphatic rings. The Morgan fingerprint density at radius 2 is 1.60 bits per heavy atom. The molecule has 30 heavy (non-hydrogen) atoms. The maximum atomic E-state index is 13.5. The van der Waals surface area contributed by atoms with E-state index in [-0.39, 0.29) is 5.41 Å². The van der Waals surface area contributed by atoms with Gasteiger partial charge in [-0.15, -0.1) is 0 Å². The summed E-state index contributed by atoms with van der Waals surface area (Å²) in [5, 5.41) is 0. The molecule has 4 aliphatic carbocycles. The molecular weight excluding hydrogens is 390 g/mol. The van der Waals surface area contributed by atoms with Gasteiger partial charge >= 0.3 is 0 Å². The molecule has 0 radical (unpaired) electrons. The number of hydrogen-bond acceptors (Lipinski definition) is 2. The quantitative estimate of drug-likeness (QED) is 0.721. The molecule has 2 aromatic carbocycles. The van der Waals surface area contributed by atoms with Crippen LogP contribution in [-0.2, 0) is 10.0 Å². The predicted octanol–water partition coefficient (Wildman–Crippen LogP) is 4.69. The van der Waals surface area contributed by atoms with Crippen LogP contribution in [0.3, 0.4) is 0 Å². The molecule has 0 aromatic heterocycles.